The Morgan fingerprint density at radius 3 is 2.41 bits per heavy atom. The monoisotopic (exact) mass is 448 g/mol. The molecular weight excluding hydrogens is 429 g/mol. The van der Waals surface area contributed by atoms with Gasteiger partial charge < -0.3 is 9.64 Å². The van der Waals surface area contributed by atoms with Gasteiger partial charge in [0, 0.05) is 24.5 Å². The average Bonchev–Trinajstić information content (AvgIpc) is 3.52. The van der Waals surface area contributed by atoms with Gasteiger partial charge in [-0.1, -0.05) is 10.4 Å². The molecule has 13 heteroatoms. The number of amides is 1. The van der Waals surface area contributed by atoms with Crippen molar-refractivity contribution in [2.45, 2.75) is 24.8 Å². The summed E-state index contributed by atoms with van der Waals surface area (Å²) in [7, 11) is 0. The normalized spacial score (nSPS) is 22.3. The number of rotatable bonds is 5. The third kappa shape index (κ3) is 3.52. The van der Waals surface area contributed by atoms with Crippen LogP contribution >= 0.6 is 0 Å². The van der Waals surface area contributed by atoms with E-state index < -0.39 is 36.1 Å². The van der Waals surface area contributed by atoms with Crippen LogP contribution in [0.1, 0.15) is 24.2 Å². The standard InChI is InChI=1S/C19H19F3N8O2/c20-13-9-12(18(30-6-3-24-26-30)28-7-8-32-19(28)31)10-14(21)17(13)27-4-1-16(15(22)11-27)29-5-2-23-25-29/h2-3,5-6,9-10,15-16,18H,1,4,7-8,11H2/t15-,16-,18-/m1/s1. The summed E-state index contributed by atoms with van der Waals surface area (Å²) >= 11 is 0. The second-order valence-electron chi connectivity index (χ2n) is 7.60. The molecule has 0 aliphatic carbocycles. The van der Waals surface area contributed by atoms with Crippen molar-refractivity contribution in [2.75, 3.05) is 31.1 Å². The smallest absolute Gasteiger partial charge is 0.411 e. The van der Waals surface area contributed by atoms with Crippen LogP contribution in [0.25, 0.3) is 0 Å². The molecule has 10 nitrogen and oxygen atoms in total. The van der Waals surface area contributed by atoms with Gasteiger partial charge in [-0.25, -0.2) is 27.3 Å². The molecule has 4 heterocycles. The summed E-state index contributed by atoms with van der Waals surface area (Å²) in [5.41, 5.74) is -0.155. The third-order valence-electron chi connectivity index (χ3n) is 5.72. The van der Waals surface area contributed by atoms with Crippen molar-refractivity contribution in [2.24, 2.45) is 0 Å². The Bertz CT molecular complexity index is 1070. The quantitative estimate of drug-likeness (QED) is 0.589. The molecular formula is C19H19F3N8O2. The average molecular weight is 448 g/mol. The van der Waals surface area contributed by atoms with Crippen molar-refractivity contribution < 1.29 is 22.7 Å². The number of hydrogen-bond acceptors (Lipinski definition) is 7. The maximum absolute atomic E-state index is 15.2. The number of alkyl halides is 1. The summed E-state index contributed by atoms with van der Waals surface area (Å²) in [5.74, 6) is -1.71. The van der Waals surface area contributed by atoms with Crippen molar-refractivity contribution in [3.05, 3.63) is 54.1 Å². The topological polar surface area (TPSA) is 94.2 Å². The molecule has 1 amide bonds. The fourth-order valence-electron chi connectivity index (χ4n) is 4.28. The lowest BCUT2D eigenvalue weighted by Crippen LogP contribution is -2.43. The second-order valence-corrected chi connectivity index (χ2v) is 7.60. The molecule has 0 radical (unpaired) electrons. The zero-order chi connectivity index (χ0) is 22.2. The predicted molar refractivity (Wildman–Crippen MR) is 103 cm³/mol. The van der Waals surface area contributed by atoms with Gasteiger partial charge >= 0.3 is 6.09 Å². The van der Waals surface area contributed by atoms with Gasteiger partial charge in [0.2, 0.25) is 0 Å². The minimum Gasteiger partial charge on any atom is -0.447 e. The van der Waals surface area contributed by atoms with Crippen molar-refractivity contribution >= 4 is 11.8 Å². The molecule has 0 bridgehead atoms. The number of carbonyl (C=O) groups excluding carboxylic acids is 1. The van der Waals surface area contributed by atoms with E-state index in [-0.39, 0.29) is 37.5 Å². The fourth-order valence-corrected chi connectivity index (χ4v) is 4.28. The lowest BCUT2D eigenvalue weighted by Gasteiger charge is -2.36. The molecule has 32 heavy (non-hydrogen) atoms. The molecule has 0 unspecified atom stereocenters. The van der Waals surface area contributed by atoms with E-state index in [1.807, 2.05) is 0 Å². The first kappa shape index (κ1) is 20.3. The molecule has 168 valence electrons. The Labute approximate surface area is 180 Å². The first-order chi connectivity index (χ1) is 15.5. The molecule has 0 N–H and O–H groups in total. The third-order valence-corrected chi connectivity index (χ3v) is 5.72. The van der Waals surface area contributed by atoms with Gasteiger partial charge in [0.1, 0.15) is 30.1 Å². The molecule has 5 rings (SSSR count). The van der Waals surface area contributed by atoms with Crippen LogP contribution in [0.2, 0.25) is 0 Å². The van der Waals surface area contributed by atoms with Crippen LogP contribution in [0.3, 0.4) is 0 Å². The first-order valence-electron chi connectivity index (χ1n) is 10.1. The van der Waals surface area contributed by atoms with E-state index in [1.54, 1.807) is 6.20 Å². The molecule has 0 saturated carbocycles. The SMILES string of the molecule is O=C1OCCN1[C@@H](c1cc(F)c(N2CC[C@@H](n3ccnn3)[C@H](F)C2)c(F)c1)n1ccnn1. The van der Waals surface area contributed by atoms with Crippen LogP contribution in [0.15, 0.2) is 36.9 Å². The van der Waals surface area contributed by atoms with Crippen molar-refractivity contribution in [1.82, 2.24) is 34.9 Å². The van der Waals surface area contributed by atoms with Gasteiger partial charge in [0.15, 0.2) is 6.17 Å². The van der Waals surface area contributed by atoms with Crippen molar-refractivity contribution in [3.63, 3.8) is 0 Å². The fraction of sp³-hybridized carbons (Fsp3) is 0.421. The number of ether oxygens (including phenoxy) is 1. The Kier molecular flexibility index (Phi) is 5.15. The first-order valence-corrected chi connectivity index (χ1v) is 10.1. The van der Waals surface area contributed by atoms with E-state index in [9.17, 15) is 9.18 Å². The number of anilines is 1. The molecule has 3 atom stereocenters. The van der Waals surface area contributed by atoms with Gasteiger partial charge in [0.25, 0.3) is 0 Å². The Balaban J connectivity index is 1.43. The molecule has 3 aromatic rings. The van der Waals surface area contributed by atoms with E-state index in [4.69, 9.17) is 4.74 Å². The Morgan fingerprint density at radius 1 is 1.06 bits per heavy atom. The molecule has 0 spiro atoms. The van der Waals surface area contributed by atoms with Crippen LogP contribution in [-0.2, 0) is 4.74 Å². The molecule has 2 aliphatic rings. The van der Waals surface area contributed by atoms with Crippen LogP contribution in [0.5, 0.6) is 0 Å². The largest absolute Gasteiger partial charge is 0.447 e. The molecule has 1 aromatic carbocycles. The zero-order valence-electron chi connectivity index (χ0n) is 16.8. The number of nitrogens with zero attached hydrogens (tertiary/aromatic N) is 8. The summed E-state index contributed by atoms with van der Waals surface area (Å²) in [6, 6.07) is 1.72. The summed E-state index contributed by atoms with van der Waals surface area (Å²) in [4.78, 5) is 14.8. The van der Waals surface area contributed by atoms with Crippen molar-refractivity contribution in [3.8, 4) is 0 Å². The number of piperidine rings is 1. The van der Waals surface area contributed by atoms with E-state index in [2.05, 4.69) is 20.6 Å². The highest BCUT2D eigenvalue weighted by Crippen LogP contribution is 2.34. The number of benzene rings is 1. The second kappa shape index (κ2) is 8.13. The number of cyclic esters (lactones) is 1. The molecule has 2 aromatic heterocycles. The minimum atomic E-state index is -1.38. The van der Waals surface area contributed by atoms with Crippen LogP contribution in [0, 0.1) is 11.6 Å². The zero-order valence-corrected chi connectivity index (χ0v) is 16.8. The highest BCUT2D eigenvalue weighted by Gasteiger charge is 2.36. The van der Waals surface area contributed by atoms with Gasteiger partial charge in [-0.05, 0) is 18.6 Å². The van der Waals surface area contributed by atoms with E-state index >= 15 is 8.78 Å². The minimum absolute atomic E-state index is 0.155. The summed E-state index contributed by atoms with van der Waals surface area (Å²) in [5, 5.41) is 15.1. The maximum Gasteiger partial charge on any atom is 0.411 e. The van der Waals surface area contributed by atoms with Gasteiger partial charge in [-0.2, -0.15) is 0 Å². The lowest BCUT2D eigenvalue weighted by atomic mass is 10.0. The maximum atomic E-state index is 15.2. The number of halogens is 3. The van der Waals surface area contributed by atoms with Gasteiger partial charge in [-0.15, -0.1) is 10.2 Å². The number of aromatic nitrogens is 6. The van der Waals surface area contributed by atoms with Crippen LogP contribution in [0.4, 0.5) is 23.7 Å². The number of carbonyl (C=O) groups is 1. The highest BCUT2D eigenvalue weighted by molar-refractivity contribution is 5.70. The van der Waals surface area contributed by atoms with Crippen molar-refractivity contribution in [1.29, 1.82) is 0 Å². The highest BCUT2D eigenvalue weighted by atomic mass is 19.1. The van der Waals surface area contributed by atoms with Crippen LogP contribution < -0.4 is 4.90 Å². The van der Waals surface area contributed by atoms with E-state index in [0.717, 1.165) is 12.1 Å². The lowest BCUT2D eigenvalue weighted by molar-refractivity contribution is 0.138. The molecule has 2 aliphatic heterocycles. The van der Waals surface area contributed by atoms with E-state index in [0.29, 0.717) is 6.42 Å². The Morgan fingerprint density at radius 2 is 1.81 bits per heavy atom. The molecule has 2 saturated heterocycles. The van der Waals surface area contributed by atoms with Gasteiger partial charge in [0.05, 0.1) is 31.5 Å². The summed E-state index contributed by atoms with van der Waals surface area (Å²) in [6.07, 6.45) is 3.29. The summed E-state index contributed by atoms with van der Waals surface area (Å²) < 4.78 is 52.9. The summed E-state index contributed by atoms with van der Waals surface area (Å²) in [6.45, 7) is 0.436. The predicted octanol–water partition coefficient (Wildman–Crippen LogP) is 1.94. The molecule has 2 fully saturated rings. The van der Waals surface area contributed by atoms with Crippen LogP contribution in [-0.4, -0.2) is 73.4 Å². The van der Waals surface area contributed by atoms with Gasteiger partial charge in [-0.3, -0.25) is 4.90 Å². The van der Waals surface area contributed by atoms with E-state index in [1.165, 1.54) is 37.8 Å². The Hall–Kier alpha value is -3.64. The number of hydrogen-bond donors (Lipinski definition) is 0.